The number of esters is 3. The molecule has 442 valence electrons. The molecule has 83 heavy (non-hydrogen) atoms. The lowest BCUT2D eigenvalue weighted by atomic mass is 9.77. The van der Waals surface area contributed by atoms with Crippen molar-refractivity contribution in [1.29, 1.82) is 0 Å². The Morgan fingerprint density at radius 3 is 1.27 bits per heavy atom. The summed E-state index contributed by atoms with van der Waals surface area (Å²) in [5, 5.41) is 5.66. The number of ketones is 4. The smallest absolute Gasteiger partial charge is 0.336 e. The molecule has 0 bridgehead atoms. The maximum absolute atomic E-state index is 14.6. The molecule has 4 saturated carbocycles. The number of methoxy groups -OCH3 is 3. The lowest BCUT2D eigenvalue weighted by molar-refractivity contribution is -0.137. The van der Waals surface area contributed by atoms with E-state index in [0.717, 1.165) is 95.2 Å². The zero-order chi connectivity index (χ0) is 60.6. The summed E-state index contributed by atoms with van der Waals surface area (Å²) < 4.78 is 136. The number of alkyl halides is 3. The molecule has 0 spiro atoms. The van der Waals surface area contributed by atoms with E-state index < -0.39 is 84.7 Å². The van der Waals surface area contributed by atoms with Crippen LogP contribution in [0.25, 0.3) is 0 Å². The van der Waals surface area contributed by atoms with Crippen LogP contribution in [0, 0.1) is 34.9 Å². The fourth-order valence-electron chi connectivity index (χ4n) is 10.7. The minimum atomic E-state index is -1.03. The monoisotopic (exact) mass is 1170 g/mol. The second-order valence-corrected chi connectivity index (χ2v) is 20.5. The summed E-state index contributed by atoms with van der Waals surface area (Å²) in [5.41, 5.74) is 7.72. The zero-order valence-corrected chi connectivity index (χ0v) is 45.3. The molecule has 2 aliphatic heterocycles. The Bertz CT molecular complexity index is 3160. The largest absolute Gasteiger partial charge is 0.466 e. The minimum absolute atomic E-state index is 0.0216. The third kappa shape index (κ3) is 14.6. The Morgan fingerprint density at radius 2 is 0.940 bits per heavy atom. The molecule has 23 heteroatoms. The number of benzene rings is 3. The summed E-state index contributed by atoms with van der Waals surface area (Å²) >= 11 is 0. The third-order valence-corrected chi connectivity index (χ3v) is 14.8. The van der Waals surface area contributed by atoms with E-state index in [4.69, 9.17) is 15.2 Å². The number of Topliss-reactive ketones (excluding diaryl/α,β-unsaturated/α-hetero) is 4. The van der Waals surface area contributed by atoms with E-state index in [0.29, 0.717) is 60.1 Å². The molecule has 0 aromatic heterocycles. The van der Waals surface area contributed by atoms with Crippen LogP contribution in [0.15, 0.2) is 93.3 Å². The second kappa shape index (κ2) is 27.3. The van der Waals surface area contributed by atoms with E-state index in [1.807, 2.05) is 0 Å². The molecule has 2 atom stereocenters. The van der Waals surface area contributed by atoms with Crippen molar-refractivity contribution in [2.75, 3.05) is 41.4 Å². The average molecular weight is 1170 g/mol. The highest BCUT2D eigenvalue weighted by atomic mass is 19.2. The summed E-state index contributed by atoms with van der Waals surface area (Å²) in [7, 11) is 3.50. The van der Waals surface area contributed by atoms with Gasteiger partial charge in [-0.1, -0.05) is 0 Å². The van der Waals surface area contributed by atoms with E-state index >= 15 is 0 Å². The van der Waals surface area contributed by atoms with Crippen LogP contribution in [0.3, 0.4) is 0 Å². The van der Waals surface area contributed by atoms with Gasteiger partial charge in [0.15, 0.2) is 17.9 Å². The van der Waals surface area contributed by atoms with Gasteiger partial charge in [-0.15, -0.1) is 0 Å². The number of carbonyl (C=O) groups is 8. The van der Waals surface area contributed by atoms with Gasteiger partial charge in [-0.25, -0.2) is 53.9 Å². The van der Waals surface area contributed by atoms with Gasteiger partial charge in [0, 0.05) is 101 Å². The molecule has 14 nitrogen and oxygen atoms in total. The van der Waals surface area contributed by atoms with E-state index in [1.165, 1.54) is 7.11 Å². The first kappa shape index (κ1) is 62.5. The Kier molecular flexibility index (Phi) is 20.6. The van der Waals surface area contributed by atoms with Crippen LogP contribution in [0.1, 0.15) is 151 Å². The predicted octanol–water partition coefficient (Wildman–Crippen LogP) is 10.0. The molecular weight excluding hydrogens is 1110 g/mol. The van der Waals surface area contributed by atoms with Crippen molar-refractivity contribution in [2.24, 2.45) is 5.73 Å². The van der Waals surface area contributed by atoms with Crippen molar-refractivity contribution in [3.8, 4) is 0 Å². The lowest BCUT2D eigenvalue weighted by Crippen LogP contribution is -2.32. The number of hydrogen-bond donors (Lipinski definition) is 3. The summed E-state index contributed by atoms with van der Waals surface area (Å²) in [5.74, 6) is -8.92. The fourth-order valence-corrected chi connectivity index (χ4v) is 10.7. The Balaban J connectivity index is 0.000000164. The highest BCUT2D eigenvalue weighted by Crippen LogP contribution is 2.52. The van der Waals surface area contributed by atoms with Crippen LogP contribution in [0.2, 0.25) is 0 Å². The van der Waals surface area contributed by atoms with Crippen molar-refractivity contribution < 1.29 is 92.1 Å². The number of aldehydes is 1. The van der Waals surface area contributed by atoms with Crippen LogP contribution in [-0.2, 0) is 47.8 Å². The summed E-state index contributed by atoms with van der Waals surface area (Å²) in [6.07, 6.45) is 8.50. The van der Waals surface area contributed by atoms with E-state index in [1.54, 1.807) is 0 Å². The van der Waals surface area contributed by atoms with Gasteiger partial charge in [-0.3, -0.25) is 24.0 Å². The van der Waals surface area contributed by atoms with Crippen molar-refractivity contribution in [1.82, 2.24) is 10.6 Å². The first-order valence-electron chi connectivity index (χ1n) is 26.5. The lowest BCUT2D eigenvalue weighted by Gasteiger charge is -2.30. The van der Waals surface area contributed by atoms with Crippen molar-refractivity contribution in [2.45, 2.75) is 113 Å². The van der Waals surface area contributed by atoms with Crippen LogP contribution < -0.4 is 16.4 Å². The summed E-state index contributed by atoms with van der Waals surface area (Å²) in [6.45, 7) is -2.79. The average Bonchev–Trinajstić information content (AvgIpc) is 2.58. The SMILES string of the molecule is COC(=O)/C=C(\N)CF.COC(=O)C1=C(CF)NC2=C(C(=O)CC2)[C@@H]1c1cc(F)cc(F)c1C1CC1.COC(=O)C1=C(CF)NC2=C(C(=O)CC2)[C@H]1c1cc(F)cc(F)c1C1CC1.O=C1CCC(=O)C1.O=Cc1cc(F)cc(F)c1C1CC1. The summed E-state index contributed by atoms with van der Waals surface area (Å²) in [4.78, 5) is 91.3. The van der Waals surface area contributed by atoms with Gasteiger partial charge in [-0.05, 0) is 110 Å². The van der Waals surface area contributed by atoms with Crippen LogP contribution in [0.4, 0.5) is 39.5 Å². The van der Waals surface area contributed by atoms with Gasteiger partial charge in [-0.2, -0.15) is 0 Å². The Labute approximate surface area is 470 Å². The highest BCUT2D eigenvalue weighted by molar-refractivity contribution is 6.07. The Hall–Kier alpha value is -8.11. The number of hydrogen-bond acceptors (Lipinski definition) is 14. The van der Waals surface area contributed by atoms with Crippen LogP contribution >= 0.6 is 0 Å². The molecule has 4 N–H and O–H groups in total. The zero-order valence-electron chi connectivity index (χ0n) is 45.3. The molecule has 2 heterocycles. The maximum atomic E-state index is 14.6. The van der Waals surface area contributed by atoms with Crippen molar-refractivity contribution >= 4 is 47.3 Å². The number of halogens is 9. The normalized spacial score (nSPS) is 19.8. The number of ether oxygens (including phenoxy) is 3. The van der Waals surface area contributed by atoms with Gasteiger partial charge in [0.25, 0.3) is 0 Å². The second-order valence-electron chi connectivity index (χ2n) is 20.5. The first-order valence-corrected chi connectivity index (χ1v) is 26.5. The van der Waals surface area contributed by atoms with Gasteiger partial charge >= 0.3 is 17.9 Å². The molecule has 4 fully saturated rings. The first-order chi connectivity index (χ1) is 39.6. The molecule has 3 aromatic carbocycles. The number of nitrogens with two attached hydrogens (primary N) is 1. The minimum Gasteiger partial charge on any atom is -0.466 e. The molecule has 6 aliphatic carbocycles. The number of nitrogens with one attached hydrogen (secondary N) is 2. The number of rotatable bonds is 12. The molecule has 11 rings (SSSR count). The van der Waals surface area contributed by atoms with Gasteiger partial charge < -0.3 is 30.6 Å². The topological polar surface area (TPSA) is 214 Å². The summed E-state index contributed by atoms with van der Waals surface area (Å²) in [6, 6.07) is 5.84. The van der Waals surface area contributed by atoms with E-state index in [-0.39, 0.29) is 116 Å². The molecule has 3 aromatic rings. The van der Waals surface area contributed by atoms with Crippen LogP contribution in [-0.4, -0.2) is 88.7 Å². The standard InChI is InChI=1S/2C20H18F3NO3.C10H8F2O.C5H8FNO2.C5H6O2/c2*1-27-20(26)19-14(8-21)24-13-4-5-15(25)18(13)17(19)11-6-10(22)7-12(23)16(11)9-2-3-9;11-8-3-7(5-13)10(6-1-2-6)9(12)4-8;1-9-5(8)2-4(7)3-6;6-4-1-2-5(7)3-4/h2*6-7,9,17,24H,2-5,8H2,1H3;3-6H,1-2H2;2H,3,7H2,1H3;1-3H2/b;;;4-2-;/t2*17-;;;/m10.../s1. The number of carbonyl (C=O) groups excluding carboxylic acids is 8. The van der Waals surface area contributed by atoms with Crippen LogP contribution in [0.5, 0.6) is 0 Å². The van der Waals surface area contributed by atoms with E-state index in [2.05, 4.69) is 15.4 Å². The number of allylic oxidation sites excluding steroid dienone is 7. The predicted molar refractivity (Wildman–Crippen MR) is 279 cm³/mol. The third-order valence-electron chi connectivity index (χ3n) is 14.8. The quantitative estimate of drug-likeness (QED) is 0.0385. The fraction of sp³-hybridized carbons (Fsp3) is 0.400. The van der Waals surface area contributed by atoms with Crippen molar-refractivity contribution in [3.05, 3.63) is 162 Å². The maximum Gasteiger partial charge on any atom is 0.336 e. The molecule has 0 radical (unpaired) electrons. The molecule has 0 amide bonds. The van der Waals surface area contributed by atoms with Crippen molar-refractivity contribution in [3.63, 3.8) is 0 Å². The number of dihydropyridines is 2. The highest BCUT2D eigenvalue weighted by Gasteiger charge is 2.46. The molecular formula is C60H58F9N3O11. The van der Waals surface area contributed by atoms with Gasteiger partial charge in [0.05, 0.1) is 50.3 Å². The molecule has 0 saturated heterocycles. The molecule has 0 unspecified atom stereocenters. The Morgan fingerprint density at radius 1 is 0.554 bits per heavy atom. The van der Waals surface area contributed by atoms with E-state index in [9.17, 15) is 77.9 Å². The van der Waals surface area contributed by atoms with Gasteiger partial charge in [0.1, 0.15) is 66.5 Å². The molecule has 8 aliphatic rings. The van der Waals surface area contributed by atoms with Gasteiger partial charge in [0.2, 0.25) is 0 Å².